The third-order valence-electron chi connectivity index (χ3n) is 6.73. The van der Waals surface area contributed by atoms with E-state index in [1.165, 1.54) is 0 Å². The molecule has 2 atom stereocenters. The van der Waals surface area contributed by atoms with Gasteiger partial charge in [-0.25, -0.2) is 4.57 Å². The van der Waals surface area contributed by atoms with Crippen molar-refractivity contribution in [3.63, 3.8) is 0 Å². The van der Waals surface area contributed by atoms with Crippen LogP contribution in [0.1, 0.15) is 104 Å². The summed E-state index contributed by atoms with van der Waals surface area (Å²) < 4.78 is 31.7. The number of allylic oxidation sites excluding steroid dienone is 20. The Balaban J connectivity index is 4.35. The predicted octanol–water partition coefficient (Wildman–Crippen LogP) is 11.3. The summed E-state index contributed by atoms with van der Waals surface area (Å²) in [5.41, 5.74) is 0. The SMILES string of the molecule is CC/C=C\C/C=C\C/C=C\C/C=C\C/C=C\C/C=C\CCC(=O)OC(COC(=O)CC/C=C\C/C=C\C/C=C\C/C=C\CC)COP(=O)(O)OC. The van der Waals surface area contributed by atoms with Crippen molar-refractivity contribution in [1.82, 2.24) is 0 Å². The van der Waals surface area contributed by atoms with Gasteiger partial charge in [0.2, 0.25) is 0 Å². The zero-order valence-electron chi connectivity index (χ0n) is 31.2. The maximum atomic E-state index is 12.4. The van der Waals surface area contributed by atoms with Gasteiger partial charge in [0.1, 0.15) is 6.61 Å². The van der Waals surface area contributed by atoms with E-state index in [4.69, 9.17) is 14.0 Å². The van der Waals surface area contributed by atoms with Crippen LogP contribution in [0.3, 0.4) is 0 Å². The Morgan fingerprint density at radius 1 is 0.529 bits per heavy atom. The molecule has 8 nitrogen and oxygen atoms in total. The van der Waals surface area contributed by atoms with Crippen LogP contribution in [0.2, 0.25) is 0 Å². The smallest absolute Gasteiger partial charge is 0.462 e. The van der Waals surface area contributed by atoms with Crippen LogP contribution in [0.4, 0.5) is 0 Å². The second-order valence-corrected chi connectivity index (χ2v) is 12.8. The highest BCUT2D eigenvalue weighted by molar-refractivity contribution is 7.47. The van der Waals surface area contributed by atoms with Crippen molar-refractivity contribution in [3.05, 3.63) is 122 Å². The topological polar surface area (TPSA) is 108 Å². The summed E-state index contributed by atoms with van der Waals surface area (Å²) in [5.74, 6) is -1.01. The molecule has 0 radical (unpaired) electrons. The Morgan fingerprint density at radius 2 is 0.863 bits per heavy atom. The van der Waals surface area contributed by atoms with Crippen LogP contribution in [0.5, 0.6) is 0 Å². The number of hydrogen-bond acceptors (Lipinski definition) is 7. The Bertz CT molecular complexity index is 1230. The first-order valence-electron chi connectivity index (χ1n) is 18.2. The minimum atomic E-state index is -4.30. The molecular weight excluding hydrogens is 663 g/mol. The van der Waals surface area contributed by atoms with Gasteiger partial charge in [-0.05, 0) is 77.0 Å². The van der Waals surface area contributed by atoms with Crippen molar-refractivity contribution in [1.29, 1.82) is 0 Å². The minimum Gasteiger partial charge on any atom is -0.462 e. The normalized spacial score (nSPS) is 14.8. The standard InChI is InChI=1S/C42H63O8P/c1-4-6-8-10-12-14-16-18-19-20-21-22-23-25-27-29-31-33-35-37-42(44)50-40(39-49-51(45,46)47-3)38-48-41(43)36-34-32-30-28-26-24-17-15-13-11-9-7-5-2/h6-9,12-15,18-19,21-22,24-27,30-33,40H,4-5,10-11,16-17,20,23,28-29,34-39H2,1-3H3,(H,45,46)/b8-6-,9-7-,14-12-,15-13-,19-18-,22-21-,26-24-,27-25-,32-30-,33-31-. The zero-order valence-corrected chi connectivity index (χ0v) is 32.1. The number of phosphoric ester groups is 1. The van der Waals surface area contributed by atoms with Gasteiger partial charge in [0.05, 0.1) is 6.61 Å². The highest BCUT2D eigenvalue weighted by atomic mass is 31.2. The van der Waals surface area contributed by atoms with E-state index in [0.29, 0.717) is 12.8 Å². The molecule has 0 aromatic heterocycles. The second kappa shape index (κ2) is 36.2. The number of carbonyl (C=O) groups excluding carboxylic acids is 2. The molecule has 0 bridgehead atoms. The van der Waals surface area contributed by atoms with Crippen LogP contribution in [-0.4, -0.2) is 43.3 Å². The fraction of sp³-hybridized carbons (Fsp3) is 0.476. The highest BCUT2D eigenvalue weighted by Gasteiger charge is 2.24. The first-order valence-corrected chi connectivity index (χ1v) is 19.7. The zero-order chi connectivity index (χ0) is 37.5. The molecule has 2 unspecified atom stereocenters. The van der Waals surface area contributed by atoms with Crippen LogP contribution < -0.4 is 0 Å². The van der Waals surface area contributed by atoms with Gasteiger partial charge in [0, 0.05) is 20.0 Å². The van der Waals surface area contributed by atoms with Gasteiger partial charge in [-0.3, -0.25) is 18.6 Å². The van der Waals surface area contributed by atoms with Gasteiger partial charge in [0.15, 0.2) is 6.10 Å². The maximum absolute atomic E-state index is 12.4. The van der Waals surface area contributed by atoms with Crippen LogP contribution in [0, 0.1) is 0 Å². The van der Waals surface area contributed by atoms with E-state index in [-0.39, 0.29) is 19.4 Å². The quantitative estimate of drug-likeness (QED) is 0.0427. The third-order valence-corrected chi connectivity index (χ3v) is 7.67. The van der Waals surface area contributed by atoms with Gasteiger partial charge in [0.25, 0.3) is 0 Å². The lowest BCUT2D eigenvalue weighted by atomic mass is 10.2. The number of rotatable bonds is 31. The van der Waals surface area contributed by atoms with E-state index in [1.54, 1.807) is 0 Å². The van der Waals surface area contributed by atoms with Crippen molar-refractivity contribution < 1.29 is 37.6 Å². The number of phosphoric acid groups is 1. The van der Waals surface area contributed by atoms with Crippen LogP contribution >= 0.6 is 7.82 Å². The van der Waals surface area contributed by atoms with Crippen molar-refractivity contribution >= 4 is 19.8 Å². The first kappa shape index (κ1) is 47.4. The van der Waals surface area contributed by atoms with Crippen molar-refractivity contribution in [2.45, 2.75) is 110 Å². The average molecular weight is 727 g/mol. The predicted molar refractivity (Wildman–Crippen MR) is 211 cm³/mol. The average Bonchev–Trinajstić information content (AvgIpc) is 3.12. The Labute approximate surface area is 308 Å². The van der Waals surface area contributed by atoms with E-state index in [2.05, 4.69) is 116 Å². The molecule has 0 aromatic carbocycles. The van der Waals surface area contributed by atoms with Gasteiger partial charge in [-0.15, -0.1) is 0 Å². The first-order chi connectivity index (χ1) is 24.8. The summed E-state index contributed by atoms with van der Waals surface area (Å²) in [6.45, 7) is 3.49. The molecule has 0 saturated heterocycles. The second-order valence-electron chi connectivity index (χ2n) is 11.2. The Hall–Kier alpha value is -3.55. The molecule has 1 N–H and O–H groups in total. The van der Waals surface area contributed by atoms with Crippen LogP contribution in [0.25, 0.3) is 0 Å². The maximum Gasteiger partial charge on any atom is 0.472 e. The van der Waals surface area contributed by atoms with Crippen molar-refractivity contribution in [2.75, 3.05) is 20.3 Å². The molecule has 0 aliphatic rings. The summed E-state index contributed by atoms with van der Waals surface area (Å²) in [6.07, 6.45) is 51.4. The lowest BCUT2D eigenvalue weighted by Gasteiger charge is -2.19. The number of esters is 2. The Kier molecular flexibility index (Phi) is 33.7. The number of hydrogen-bond donors (Lipinski definition) is 1. The summed E-state index contributed by atoms with van der Waals surface area (Å²) in [4.78, 5) is 34.2. The van der Waals surface area contributed by atoms with E-state index >= 15 is 0 Å². The lowest BCUT2D eigenvalue weighted by molar-refractivity contribution is -0.161. The third kappa shape index (κ3) is 36.1. The molecule has 0 spiro atoms. The van der Waals surface area contributed by atoms with Crippen LogP contribution in [-0.2, 0) is 32.7 Å². The number of carbonyl (C=O) groups is 2. The molecule has 0 fully saturated rings. The summed E-state index contributed by atoms with van der Waals surface area (Å²) in [7, 11) is -3.27. The summed E-state index contributed by atoms with van der Waals surface area (Å²) in [5, 5.41) is 0. The monoisotopic (exact) mass is 726 g/mol. The molecule has 0 aliphatic heterocycles. The fourth-order valence-corrected chi connectivity index (χ4v) is 4.45. The summed E-state index contributed by atoms with van der Waals surface area (Å²) >= 11 is 0. The fourth-order valence-electron chi connectivity index (χ4n) is 3.99. The molecule has 0 saturated carbocycles. The molecule has 51 heavy (non-hydrogen) atoms. The minimum absolute atomic E-state index is 0.0967. The Morgan fingerprint density at radius 3 is 1.22 bits per heavy atom. The van der Waals surface area contributed by atoms with Crippen LogP contribution in [0.15, 0.2) is 122 Å². The van der Waals surface area contributed by atoms with Gasteiger partial charge >= 0.3 is 19.8 Å². The highest BCUT2D eigenvalue weighted by Crippen LogP contribution is 2.42. The molecule has 0 aromatic rings. The molecule has 284 valence electrons. The molecular formula is C42H63O8P. The van der Waals surface area contributed by atoms with E-state index in [1.807, 2.05) is 24.3 Å². The van der Waals surface area contributed by atoms with Crippen molar-refractivity contribution in [3.8, 4) is 0 Å². The van der Waals surface area contributed by atoms with E-state index in [0.717, 1.165) is 71.3 Å². The van der Waals surface area contributed by atoms with Crippen molar-refractivity contribution in [2.24, 2.45) is 0 Å². The van der Waals surface area contributed by atoms with E-state index in [9.17, 15) is 19.0 Å². The van der Waals surface area contributed by atoms with E-state index < -0.39 is 32.5 Å². The molecule has 0 aliphatic carbocycles. The molecule has 0 amide bonds. The molecule has 0 heterocycles. The van der Waals surface area contributed by atoms with Gasteiger partial charge in [-0.1, -0.05) is 135 Å². The van der Waals surface area contributed by atoms with Gasteiger partial charge in [-0.2, -0.15) is 0 Å². The lowest BCUT2D eigenvalue weighted by Crippen LogP contribution is -2.29. The largest absolute Gasteiger partial charge is 0.472 e. The molecule has 0 rings (SSSR count). The summed E-state index contributed by atoms with van der Waals surface area (Å²) in [6, 6.07) is 0. The van der Waals surface area contributed by atoms with Gasteiger partial charge < -0.3 is 14.4 Å². The number of ether oxygens (including phenoxy) is 2. The molecule has 9 heteroatoms.